The van der Waals surface area contributed by atoms with Gasteiger partial charge < -0.3 is 19.9 Å². The van der Waals surface area contributed by atoms with E-state index < -0.39 is 21.5 Å². The van der Waals surface area contributed by atoms with Crippen LogP contribution in [0.4, 0.5) is 0 Å². The molecule has 2 aromatic carbocycles. The molecule has 0 unspecified atom stereocenters. The van der Waals surface area contributed by atoms with Crippen LogP contribution in [0.3, 0.4) is 0 Å². The summed E-state index contributed by atoms with van der Waals surface area (Å²) < 4.78 is 39.2. The van der Waals surface area contributed by atoms with Crippen molar-refractivity contribution in [3.63, 3.8) is 0 Å². The van der Waals surface area contributed by atoms with Crippen LogP contribution < -0.4 is 14.8 Å². The summed E-state index contributed by atoms with van der Waals surface area (Å²) in [5.74, 6) is 0.283. The number of aryl methyl sites for hydroxylation is 1. The maximum atomic E-state index is 13.4. The standard InChI is InChI=1S/C22H24N2O6S/c25-13-16-12-24(31(27,28)17-5-6-19-20(11-17)30-10-9-29-19)14-22(16)8-7-15-3-1-2-4-18(15)21(26)23-22/h1-6,11,16,25H,7-10,12-14H2,(H,23,26)/t16-,22+/m0/s1. The maximum Gasteiger partial charge on any atom is 0.252 e. The summed E-state index contributed by atoms with van der Waals surface area (Å²) in [6.45, 7) is 0.804. The van der Waals surface area contributed by atoms with E-state index in [0.717, 1.165) is 5.56 Å². The van der Waals surface area contributed by atoms with Crippen molar-refractivity contribution in [2.24, 2.45) is 5.92 Å². The first-order valence-corrected chi connectivity index (χ1v) is 11.8. The van der Waals surface area contributed by atoms with Gasteiger partial charge in [-0.2, -0.15) is 4.31 Å². The number of sulfonamides is 1. The monoisotopic (exact) mass is 444 g/mol. The smallest absolute Gasteiger partial charge is 0.252 e. The normalized spacial score (nSPS) is 25.7. The summed E-state index contributed by atoms with van der Waals surface area (Å²) in [4.78, 5) is 13.0. The summed E-state index contributed by atoms with van der Waals surface area (Å²) in [7, 11) is -3.85. The van der Waals surface area contributed by atoms with Crippen LogP contribution in [0.5, 0.6) is 11.5 Å². The van der Waals surface area contributed by atoms with E-state index in [1.807, 2.05) is 18.2 Å². The minimum atomic E-state index is -3.85. The average molecular weight is 445 g/mol. The Labute approximate surface area is 180 Å². The van der Waals surface area contributed by atoms with E-state index in [2.05, 4.69) is 5.32 Å². The third-order valence-electron chi connectivity index (χ3n) is 6.50. The Hall–Kier alpha value is -2.62. The molecule has 0 bridgehead atoms. The summed E-state index contributed by atoms with van der Waals surface area (Å²) in [5.41, 5.74) is 0.706. The highest BCUT2D eigenvalue weighted by Crippen LogP contribution is 2.39. The lowest BCUT2D eigenvalue weighted by Gasteiger charge is -2.33. The predicted molar refractivity (Wildman–Crippen MR) is 112 cm³/mol. The number of aliphatic hydroxyl groups is 1. The molecule has 3 aliphatic heterocycles. The lowest BCUT2D eigenvalue weighted by atomic mass is 9.83. The van der Waals surface area contributed by atoms with Crippen molar-refractivity contribution in [1.29, 1.82) is 0 Å². The van der Waals surface area contributed by atoms with Crippen LogP contribution in [0, 0.1) is 5.92 Å². The van der Waals surface area contributed by atoms with Gasteiger partial charge in [-0.05, 0) is 36.6 Å². The Balaban J connectivity index is 1.46. The Kier molecular flexibility index (Phi) is 4.91. The maximum absolute atomic E-state index is 13.4. The SMILES string of the molecule is O=C1N[C@]2(CCc3ccccc31)CN(S(=O)(=O)c1ccc3c(c1)OCCO3)C[C@H]2CO. The second-order valence-corrected chi connectivity index (χ2v) is 10.2. The fourth-order valence-corrected chi connectivity index (χ4v) is 6.35. The van der Waals surface area contributed by atoms with Crippen molar-refractivity contribution in [1.82, 2.24) is 9.62 Å². The van der Waals surface area contributed by atoms with Crippen molar-refractivity contribution in [2.75, 3.05) is 32.9 Å². The van der Waals surface area contributed by atoms with E-state index in [-0.39, 0.29) is 30.5 Å². The highest BCUT2D eigenvalue weighted by molar-refractivity contribution is 7.89. The first-order chi connectivity index (χ1) is 14.9. The molecule has 1 spiro atoms. The number of benzene rings is 2. The molecule has 2 atom stereocenters. The van der Waals surface area contributed by atoms with Crippen LogP contribution in [-0.2, 0) is 16.4 Å². The summed E-state index contributed by atoms with van der Waals surface area (Å²) in [6, 6.07) is 12.0. The average Bonchev–Trinajstić information content (AvgIpc) is 3.09. The first-order valence-electron chi connectivity index (χ1n) is 10.3. The van der Waals surface area contributed by atoms with Crippen LogP contribution in [0.15, 0.2) is 47.4 Å². The number of rotatable bonds is 3. The third-order valence-corrected chi connectivity index (χ3v) is 8.31. The number of nitrogens with one attached hydrogen (secondary N) is 1. The molecule has 1 amide bonds. The van der Waals surface area contributed by atoms with E-state index >= 15 is 0 Å². The van der Waals surface area contributed by atoms with Crippen molar-refractivity contribution in [3.8, 4) is 11.5 Å². The quantitative estimate of drug-likeness (QED) is 0.737. The van der Waals surface area contributed by atoms with Gasteiger partial charge >= 0.3 is 0 Å². The molecule has 3 aliphatic rings. The van der Waals surface area contributed by atoms with Gasteiger partial charge in [-0.25, -0.2) is 8.42 Å². The molecule has 1 fully saturated rings. The molecule has 8 nitrogen and oxygen atoms in total. The van der Waals surface area contributed by atoms with Gasteiger partial charge in [0, 0.05) is 37.2 Å². The van der Waals surface area contributed by atoms with Gasteiger partial charge in [0.1, 0.15) is 13.2 Å². The number of nitrogens with zero attached hydrogens (tertiary/aromatic N) is 1. The first kappa shape index (κ1) is 20.3. The zero-order chi connectivity index (χ0) is 21.6. The zero-order valence-electron chi connectivity index (χ0n) is 16.9. The molecule has 9 heteroatoms. The lowest BCUT2D eigenvalue weighted by Crippen LogP contribution is -2.54. The highest BCUT2D eigenvalue weighted by Gasteiger charge is 2.51. The third kappa shape index (κ3) is 3.37. The van der Waals surface area contributed by atoms with Gasteiger partial charge in [0.05, 0.1) is 10.4 Å². The molecular weight excluding hydrogens is 420 g/mol. The largest absolute Gasteiger partial charge is 0.486 e. The molecule has 0 saturated carbocycles. The number of ether oxygens (including phenoxy) is 2. The second-order valence-electron chi connectivity index (χ2n) is 8.25. The zero-order valence-corrected chi connectivity index (χ0v) is 17.7. The van der Waals surface area contributed by atoms with Crippen LogP contribution in [-0.4, -0.2) is 62.2 Å². The van der Waals surface area contributed by atoms with E-state index in [9.17, 15) is 18.3 Å². The van der Waals surface area contributed by atoms with E-state index in [4.69, 9.17) is 9.47 Å². The van der Waals surface area contributed by atoms with Crippen molar-refractivity contribution >= 4 is 15.9 Å². The van der Waals surface area contributed by atoms with Gasteiger partial charge in [-0.15, -0.1) is 0 Å². The summed E-state index contributed by atoms with van der Waals surface area (Å²) in [5, 5.41) is 13.1. The fraction of sp³-hybridized carbons (Fsp3) is 0.409. The van der Waals surface area contributed by atoms with E-state index in [1.165, 1.54) is 16.4 Å². The topological polar surface area (TPSA) is 105 Å². The summed E-state index contributed by atoms with van der Waals surface area (Å²) in [6.07, 6.45) is 1.18. The molecule has 0 radical (unpaired) electrons. The fourth-order valence-electron chi connectivity index (χ4n) is 4.78. The molecule has 31 heavy (non-hydrogen) atoms. The van der Waals surface area contributed by atoms with Crippen LogP contribution in [0.25, 0.3) is 0 Å². The molecule has 2 aromatic rings. The Morgan fingerprint density at radius 3 is 2.71 bits per heavy atom. The van der Waals surface area contributed by atoms with Crippen molar-refractivity contribution in [2.45, 2.75) is 23.3 Å². The Morgan fingerprint density at radius 1 is 1.13 bits per heavy atom. The molecule has 0 aromatic heterocycles. The molecule has 0 aliphatic carbocycles. The number of carbonyl (C=O) groups is 1. The van der Waals surface area contributed by atoms with E-state index in [1.54, 1.807) is 12.1 Å². The predicted octanol–water partition coefficient (Wildman–Crippen LogP) is 1.19. The van der Waals surface area contributed by atoms with Gasteiger partial charge in [-0.1, -0.05) is 18.2 Å². The minimum absolute atomic E-state index is 0.105. The highest BCUT2D eigenvalue weighted by atomic mass is 32.2. The summed E-state index contributed by atoms with van der Waals surface area (Å²) >= 11 is 0. The number of hydrogen-bond donors (Lipinski definition) is 2. The molecule has 164 valence electrons. The molecule has 2 N–H and O–H groups in total. The molecule has 1 saturated heterocycles. The van der Waals surface area contributed by atoms with Crippen molar-refractivity contribution < 1.29 is 27.8 Å². The lowest BCUT2D eigenvalue weighted by molar-refractivity contribution is 0.0848. The number of aliphatic hydroxyl groups excluding tert-OH is 1. The minimum Gasteiger partial charge on any atom is -0.486 e. The van der Waals surface area contributed by atoms with Gasteiger partial charge in [-0.3, -0.25) is 4.79 Å². The van der Waals surface area contributed by atoms with Crippen LogP contribution in [0.2, 0.25) is 0 Å². The van der Waals surface area contributed by atoms with Crippen LogP contribution in [0.1, 0.15) is 22.3 Å². The second kappa shape index (κ2) is 7.51. The molecule has 3 heterocycles. The van der Waals surface area contributed by atoms with Gasteiger partial charge in [0.15, 0.2) is 11.5 Å². The Bertz CT molecular complexity index is 1130. The van der Waals surface area contributed by atoms with Gasteiger partial charge in [0.25, 0.3) is 5.91 Å². The van der Waals surface area contributed by atoms with Gasteiger partial charge in [0.2, 0.25) is 10.0 Å². The molecule has 5 rings (SSSR count). The number of carbonyl (C=O) groups excluding carboxylic acids is 1. The van der Waals surface area contributed by atoms with Crippen LogP contribution >= 0.6 is 0 Å². The number of fused-ring (bicyclic) bond motifs is 2. The van der Waals surface area contributed by atoms with E-state index in [0.29, 0.717) is 43.1 Å². The molecular formula is C22H24N2O6S. The number of amides is 1. The Morgan fingerprint density at radius 2 is 1.90 bits per heavy atom. The van der Waals surface area contributed by atoms with Crippen molar-refractivity contribution in [3.05, 3.63) is 53.6 Å². The number of hydrogen-bond acceptors (Lipinski definition) is 6.